The molecule has 4 rings (SSSR count). The number of aromatic nitrogens is 4. The zero-order chi connectivity index (χ0) is 22.0. The summed E-state index contributed by atoms with van der Waals surface area (Å²) in [5, 5.41) is 6.93. The van der Waals surface area contributed by atoms with Crippen molar-refractivity contribution >= 4 is 17.6 Å². The van der Waals surface area contributed by atoms with E-state index in [9.17, 15) is 17.6 Å². The van der Waals surface area contributed by atoms with Crippen molar-refractivity contribution < 1.29 is 22.3 Å². The van der Waals surface area contributed by atoms with E-state index >= 15 is 0 Å². The van der Waals surface area contributed by atoms with Gasteiger partial charge < -0.3 is 15.0 Å². The first-order valence-electron chi connectivity index (χ1n) is 9.66. The highest BCUT2D eigenvalue weighted by Gasteiger charge is 2.31. The van der Waals surface area contributed by atoms with E-state index in [-0.39, 0.29) is 17.7 Å². The van der Waals surface area contributed by atoms with Gasteiger partial charge in [-0.15, -0.1) is 5.10 Å². The van der Waals surface area contributed by atoms with Crippen molar-refractivity contribution in [3.63, 3.8) is 0 Å². The summed E-state index contributed by atoms with van der Waals surface area (Å²) in [7, 11) is 1.59. The third-order valence-electron chi connectivity index (χ3n) is 4.97. The van der Waals surface area contributed by atoms with Crippen molar-refractivity contribution in [2.75, 3.05) is 23.3 Å². The van der Waals surface area contributed by atoms with Crippen molar-refractivity contribution in [1.29, 1.82) is 0 Å². The van der Waals surface area contributed by atoms with Gasteiger partial charge in [-0.25, -0.2) is 9.07 Å². The Balaban J connectivity index is 1.42. The Kier molecular flexibility index (Phi) is 5.66. The monoisotopic (exact) mass is 436 g/mol. The number of pyridine rings is 1. The molecule has 1 fully saturated rings. The molecule has 1 aromatic carbocycles. The molecule has 164 valence electrons. The molecule has 1 N–H and O–H groups in total. The van der Waals surface area contributed by atoms with Gasteiger partial charge in [0.05, 0.1) is 11.3 Å². The van der Waals surface area contributed by atoms with Gasteiger partial charge in [0.2, 0.25) is 11.9 Å². The summed E-state index contributed by atoms with van der Waals surface area (Å²) in [6, 6.07) is 5.79. The zero-order valence-electron chi connectivity index (χ0n) is 16.6. The molecule has 1 aliphatic rings. The smallest absolute Gasteiger partial charge is 0.416 e. The van der Waals surface area contributed by atoms with Crippen LogP contribution in [-0.2, 0) is 13.2 Å². The molecule has 0 bridgehead atoms. The maximum Gasteiger partial charge on any atom is 0.416 e. The van der Waals surface area contributed by atoms with Crippen molar-refractivity contribution in [3.8, 4) is 5.75 Å². The Morgan fingerprint density at radius 3 is 2.48 bits per heavy atom. The summed E-state index contributed by atoms with van der Waals surface area (Å²) < 4.78 is 60.1. The second-order valence-electron chi connectivity index (χ2n) is 7.16. The predicted molar refractivity (Wildman–Crippen MR) is 106 cm³/mol. The van der Waals surface area contributed by atoms with Gasteiger partial charge in [0, 0.05) is 45.4 Å². The van der Waals surface area contributed by atoms with Crippen molar-refractivity contribution in [1.82, 2.24) is 19.7 Å². The summed E-state index contributed by atoms with van der Waals surface area (Å²) in [6.07, 6.45) is 0.336. The number of aryl methyl sites for hydroxylation is 1. The second-order valence-corrected chi connectivity index (χ2v) is 7.16. The summed E-state index contributed by atoms with van der Waals surface area (Å²) in [5.41, 5.74) is -1.27. The number of ether oxygens (including phenoxy) is 1. The maximum atomic E-state index is 14.0. The minimum atomic E-state index is -4.57. The van der Waals surface area contributed by atoms with Gasteiger partial charge in [0.25, 0.3) is 0 Å². The number of nitrogens with zero attached hydrogens (tertiary/aromatic N) is 5. The van der Waals surface area contributed by atoms with E-state index in [0.29, 0.717) is 31.2 Å². The predicted octanol–water partition coefficient (Wildman–Crippen LogP) is 4.16. The lowest BCUT2D eigenvalue weighted by Gasteiger charge is -2.31. The fourth-order valence-corrected chi connectivity index (χ4v) is 3.31. The Hall–Kier alpha value is -3.37. The lowest BCUT2D eigenvalue weighted by atomic mass is 10.1. The minimum absolute atomic E-state index is 0.0548. The Morgan fingerprint density at radius 1 is 1.10 bits per heavy atom. The molecular formula is C20H20F4N6O. The molecule has 0 unspecified atom stereocenters. The van der Waals surface area contributed by atoms with E-state index in [1.165, 1.54) is 4.68 Å². The molecule has 0 aliphatic carbocycles. The van der Waals surface area contributed by atoms with Gasteiger partial charge in [0.15, 0.2) is 0 Å². The van der Waals surface area contributed by atoms with Crippen LogP contribution in [0.25, 0.3) is 0 Å². The van der Waals surface area contributed by atoms with Crippen molar-refractivity contribution in [3.05, 3.63) is 54.1 Å². The van der Waals surface area contributed by atoms with Crippen molar-refractivity contribution in [2.45, 2.75) is 25.1 Å². The number of nitrogens with one attached hydrogen (secondary N) is 1. The van der Waals surface area contributed by atoms with Crippen LogP contribution in [0.15, 0.2) is 42.7 Å². The molecule has 2 aromatic heterocycles. The van der Waals surface area contributed by atoms with Crippen LogP contribution in [0.2, 0.25) is 0 Å². The van der Waals surface area contributed by atoms with Gasteiger partial charge in [-0.05, 0) is 30.3 Å². The maximum absolute atomic E-state index is 14.0. The number of benzene rings is 1. The molecule has 1 saturated heterocycles. The lowest BCUT2D eigenvalue weighted by molar-refractivity contribution is -0.137. The molecule has 11 heteroatoms. The Morgan fingerprint density at radius 2 is 1.81 bits per heavy atom. The third-order valence-corrected chi connectivity index (χ3v) is 4.97. The Bertz CT molecular complexity index is 1030. The summed E-state index contributed by atoms with van der Waals surface area (Å²) >= 11 is 0. The first-order valence-corrected chi connectivity index (χ1v) is 9.66. The number of piperidine rings is 1. The average molecular weight is 436 g/mol. The first kappa shape index (κ1) is 20.9. The van der Waals surface area contributed by atoms with Crippen LogP contribution in [0, 0.1) is 5.82 Å². The number of halogens is 4. The lowest BCUT2D eigenvalue weighted by Crippen LogP contribution is -2.38. The van der Waals surface area contributed by atoms with Crippen LogP contribution in [0.4, 0.5) is 35.1 Å². The number of alkyl halides is 3. The molecule has 0 saturated carbocycles. The standard InChI is InChI=1S/C20H20F4N6O/c1-29-18(26-17-12-13(20(22,23)24)2-3-16(17)21)27-19(28-29)30-10-6-15(7-11-30)31-14-4-8-25-9-5-14/h2-5,8-9,12,15H,6-7,10-11H2,1H3,(H,26,27,28). The quantitative estimate of drug-likeness (QED) is 0.606. The van der Waals surface area contributed by atoms with E-state index in [1.54, 1.807) is 31.6 Å². The molecule has 31 heavy (non-hydrogen) atoms. The molecule has 0 radical (unpaired) electrons. The van der Waals surface area contributed by atoms with Crippen LogP contribution in [0.1, 0.15) is 18.4 Å². The van der Waals surface area contributed by atoms with E-state index in [1.807, 2.05) is 4.90 Å². The summed E-state index contributed by atoms with van der Waals surface area (Å²) in [5.74, 6) is 0.508. The van der Waals surface area contributed by atoms with Gasteiger partial charge in [-0.3, -0.25) is 4.98 Å². The first-order chi connectivity index (χ1) is 14.8. The van der Waals surface area contributed by atoms with Crippen LogP contribution >= 0.6 is 0 Å². The van der Waals surface area contributed by atoms with Gasteiger partial charge in [-0.2, -0.15) is 18.2 Å². The van der Waals surface area contributed by atoms with E-state index in [2.05, 4.69) is 20.4 Å². The fraction of sp³-hybridized carbons (Fsp3) is 0.350. The molecule has 0 spiro atoms. The molecule has 0 atom stereocenters. The third kappa shape index (κ3) is 4.86. The van der Waals surface area contributed by atoms with E-state index in [4.69, 9.17) is 4.74 Å². The van der Waals surface area contributed by atoms with E-state index in [0.717, 1.165) is 24.7 Å². The SMILES string of the molecule is Cn1nc(N2CCC(Oc3ccncc3)CC2)nc1Nc1cc(C(F)(F)F)ccc1F. The molecule has 0 amide bonds. The van der Waals surface area contributed by atoms with Gasteiger partial charge >= 0.3 is 6.18 Å². The van der Waals surface area contributed by atoms with Crippen LogP contribution in [0.5, 0.6) is 5.75 Å². The molecule has 3 aromatic rings. The molecule has 7 nitrogen and oxygen atoms in total. The molecular weight excluding hydrogens is 416 g/mol. The van der Waals surface area contributed by atoms with Crippen LogP contribution in [0.3, 0.4) is 0 Å². The van der Waals surface area contributed by atoms with E-state index < -0.39 is 17.6 Å². The molecule has 3 heterocycles. The van der Waals surface area contributed by atoms with Crippen molar-refractivity contribution in [2.24, 2.45) is 7.05 Å². The highest BCUT2D eigenvalue weighted by Crippen LogP contribution is 2.33. The number of anilines is 3. The largest absolute Gasteiger partial charge is 0.490 e. The second kappa shape index (κ2) is 8.40. The number of rotatable bonds is 5. The highest BCUT2D eigenvalue weighted by atomic mass is 19.4. The molecule has 1 aliphatic heterocycles. The normalized spacial score (nSPS) is 15.2. The zero-order valence-corrected chi connectivity index (χ0v) is 16.6. The highest BCUT2D eigenvalue weighted by molar-refractivity contribution is 5.57. The van der Waals surface area contributed by atoms with Crippen LogP contribution in [-0.4, -0.2) is 38.9 Å². The topological polar surface area (TPSA) is 68.1 Å². The van der Waals surface area contributed by atoms with Gasteiger partial charge in [0.1, 0.15) is 17.7 Å². The fourth-order valence-electron chi connectivity index (χ4n) is 3.31. The Labute approximate surface area is 175 Å². The average Bonchev–Trinajstić information content (AvgIpc) is 3.10. The number of hydrogen-bond acceptors (Lipinski definition) is 6. The van der Waals surface area contributed by atoms with Crippen LogP contribution < -0.4 is 15.0 Å². The summed E-state index contributed by atoms with van der Waals surface area (Å²) in [4.78, 5) is 10.3. The summed E-state index contributed by atoms with van der Waals surface area (Å²) in [6.45, 7) is 1.30. The number of hydrogen-bond donors (Lipinski definition) is 1. The minimum Gasteiger partial charge on any atom is -0.490 e. The van der Waals surface area contributed by atoms with Gasteiger partial charge in [-0.1, -0.05) is 0 Å².